The first-order valence-corrected chi connectivity index (χ1v) is 7.93. The first-order chi connectivity index (χ1) is 7.47. The molecule has 0 N–H and O–H groups in total. The summed E-state index contributed by atoms with van der Waals surface area (Å²) in [6.45, 7) is 3.66. The lowest BCUT2D eigenvalue weighted by Gasteiger charge is -2.31. The highest BCUT2D eigenvalue weighted by molar-refractivity contribution is 8.15. The van der Waals surface area contributed by atoms with Crippen molar-refractivity contribution in [1.29, 1.82) is 0 Å². The molecule has 0 bridgehead atoms. The number of likely N-dealkylation sites (N-methyl/N-ethyl adjacent to an activating group) is 1. The van der Waals surface area contributed by atoms with Gasteiger partial charge in [-0.25, -0.2) is 13.4 Å². The lowest BCUT2D eigenvalue weighted by molar-refractivity contribution is 0.313. The molecule has 0 atom stereocenters. The van der Waals surface area contributed by atoms with Crippen LogP contribution < -0.4 is 4.90 Å². The minimum absolute atomic E-state index is 0.114. The fraction of sp³-hybridized carbons (Fsp3) is 0.625. The predicted molar refractivity (Wildman–Crippen MR) is 64.9 cm³/mol. The number of aromatic nitrogens is 1. The number of nitrogens with zero attached hydrogens (tertiary/aromatic N) is 3. The maximum atomic E-state index is 11.1. The summed E-state index contributed by atoms with van der Waals surface area (Å²) in [5.41, 5.74) is 0. The van der Waals surface area contributed by atoms with Gasteiger partial charge in [0.05, 0.1) is 6.20 Å². The number of halogens is 1. The maximum Gasteiger partial charge on any atom is 0.272 e. The average molecular weight is 282 g/mol. The molecule has 0 aliphatic carbocycles. The monoisotopic (exact) mass is 281 g/mol. The molecule has 1 aromatic heterocycles. The summed E-state index contributed by atoms with van der Waals surface area (Å²) in [4.78, 5) is 8.40. The second-order valence-electron chi connectivity index (χ2n) is 3.69. The fourth-order valence-corrected chi connectivity index (χ4v) is 3.41. The fourth-order valence-electron chi connectivity index (χ4n) is 1.51. The van der Waals surface area contributed by atoms with E-state index in [1.54, 1.807) is 0 Å². The molecule has 16 heavy (non-hydrogen) atoms. The van der Waals surface area contributed by atoms with Crippen LogP contribution in [0.15, 0.2) is 10.4 Å². The Morgan fingerprint density at radius 3 is 2.50 bits per heavy atom. The van der Waals surface area contributed by atoms with Crippen molar-refractivity contribution in [1.82, 2.24) is 9.88 Å². The molecule has 1 fully saturated rings. The highest BCUT2D eigenvalue weighted by atomic mass is 35.7. The van der Waals surface area contributed by atoms with Crippen LogP contribution in [-0.2, 0) is 9.05 Å². The molecule has 0 unspecified atom stereocenters. The molecule has 1 aliphatic heterocycles. The largest absolute Gasteiger partial charge is 0.345 e. The van der Waals surface area contributed by atoms with Crippen LogP contribution in [0.2, 0.25) is 0 Å². The minimum atomic E-state index is -3.64. The van der Waals surface area contributed by atoms with E-state index in [0.29, 0.717) is 0 Å². The van der Waals surface area contributed by atoms with Gasteiger partial charge in [-0.2, -0.15) is 0 Å². The zero-order valence-electron chi connectivity index (χ0n) is 8.76. The molecule has 1 aliphatic rings. The van der Waals surface area contributed by atoms with Crippen LogP contribution in [0.25, 0.3) is 0 Å². The summed E-state index contributed by atoms with van der Waals surface area (Å²) < 4.78 is 22.3. The van der Waals surface area contributed by atoms with Crippen LogP contribution in [0, 0.1) is 0 Å². The normalized spacial score (nSPS) is 19.0. The Kier molecular flexibility index (Phi) is 3.39. The van der Waals surface area contributed by atoms with E-state index in [1.165, 1.54) is 6.20 Å². The Hall–Kier alpha value is -0.370. The predicted octanol–water partition coefficient (Wildman–Crippen LogP) is 0.822. The third kappa shape index (κ3) is 2.65. The van der Waals surface area contributed by atoms with Crippen molar-refractivity contribution >= 4 is 36.2 Å². The number of hydrogen-bond donors (Lipinski definition) is 0. The van der Waals surface area contributed by atoms with Gasteiger partial charge in [-0.3, -0.25) is 0 Å². The quantitative estimate of drug-likeness (QED) is 0.752. The molecule has 0 aromatic carbocycles. The first kappa shape index (κ1) is 12.1. The second kappa shape index (κ2) is 4.48. The highest BCUT2D eigenvalue weighted by Gasteiger charge is 2.20. The summed E-state index contributed by atoms with van der Waals surface area (Å²) in [6, 6.07) is 0. The van der Waals surface area contributed by atoms with Crippen LogP contribution in [0.1, 0.15) is 0 Å². The van der Waals surface area contributed by atoms with E-state index < -0.39 is 9.05 Å². The molecule has 8 heteroatoms. The topological polar surface area (TPSA) is 53.5 Å². The van der Waals surface area contributed by atoms with Gasteiger partial charge >= 0.3 is 0 Å². The summed E-state index contributed by atoms with van der Waals surface area (Å²) >= 11 is 1.12. The Morgan fingerprint density at radius 2 is 2.00 bits per heavy atom. The van der Waals surface area contributed by atoms with Crippen molar-refractivity contribution in [2.75, 3.05) is 38.1 Å². The third-order valence-electron chi connectivity index (χ3n) is 2.49. The zero-order valence-corrected chi connectivity index (χ0v) is 11.1. The van der Waals surface area contributed by atoms with Gasteiger partial charge in [0.15, 0.2) is 9.34 Å². The van der Waals surface area contributed by atoms with Crippen LogP contribution in [0.4, 0.5) is 5.13 Å². The van der Waals surface area contributed by atoms with Gasteiger partial charge in [0, 0.05) is 36.9 Å². The standard InChI is InChI=1S/C8H12ClN3O2S2/c1-11-2-4-12(5-3-11)8-10-6-7(15-8)16(9,13)14/h6H,2-5H2,1H3. The van der Waals surface area contributed by atoms with Crippen LogP contribution in [-0.4, -0.2) is 51.5 Å². The SMILES string of the molecule is CN1CCN(c2ncc(S(=O)(=O)Cl)s2)CC1. The van der Waals surface area contributed by atoms with E-state index in [-0.39, 0.29) is 4.21 Å². The highest BCUT2D eigenvalue weighted by Crippen LogP contribution is 2.28. The smallest absolute Gasteiger partial charge is 0.272 e. The van der Waals surface area contributed by atoms with Crippen molar-refractivity contribution in [3.63, 3.8) is 0 Å². The lowest BCUT2D eigenvalue weighted by Crippen LogP contribution is -2.44. The van der Waals surface area contributed by atoms with Gasteiger partial charge in [0.2, 0.25) is 0 Å². The van der Waals surface area contributed by atoms with Gasteiger partial charge in [0.1, 0.15) is 0 Å². The Morgan fingerprint density at radius 1 is 1.38 bits per heavy atom. The Bertz CT molecular complexity index is 465. The molecule has 2 rings (SSSR count). The van der Waals surface area contributed by atoms with Crippen LogP contribution in [0.3, 0.4) is 0 Å². The summed E-state index contributed by atoms with van der Waals surface area (Å²) in [5, 5.41) is 0.729. The van der Waals surface area contributed by atoms with E-state index in [1.807, 2.05) is 0 Å². The molecule has 2 heterocycles. The van der Waals surface area contributed by atoms with Gasteiger partial charge in [-0.05, 0) is 7.05 Å². The molecule has 5 nitrogen and oxygen atoms in total. The van der Waals surface area contributed by atoms with Crippen molar-refractivity contribution in [3.05, 3.63) is 6.20 Å². The van der Waals surface area contributed by atoms with Gasteiger partial charge in [0.25, 0.3) is 9.05 Å². The summed E-state index contributed by atoms with van der Waals surface area (Å²) in [7, 11) is 3.67. The van der Waals surface area contributed by atoms with Gasteiger partial charge < -0.3 is 9.80 Å². The van der Waals surface area contributed by atoms with E-state index >= 15 is 0 Å². The summed E-state index contributed by atoms with van der Waals surface area (Å²) in [5.74, 6) is 0. The second-order valence-corrected chi connectivity index (χ2v) is 7.49. The zero-order chi connectivity index (χ0) is 11.8. The molecule has 0 amide bonds. The van der Waals surface area contributed by atoms with Crippen molar-refractivity contribution in [3.8, 4) is 0 Å². The minimum Gasteiger partial charge on any atom is -0.345 e. The molecular weight excluding hydrogens is 270 g/mol. The lowest BCUT2D eigenvalue weighted by atomic mass is 10.3. The van der Waals surface area contributed by atoms with Crippen LogP contribution >= 0.6 is 22.0 Å². The van der Waals surface area contributed by atoms with E-state index in [4.69, 9.17) is 10.7 Å². The average Bonchev–Trinajstić information content (AvgIpc) is 2.67. The van der Waals surface area contributed by atoms with Crippen molar-refractivity contribution in [2.24, 2.45) is 0 Å². The number of thiazole rings is 1. The van der Waals surface area contributed by atoms with Gasteiger partial charge in [-0.15, -0.1) is 0 Å². The first-order valence-electron chi connectivity index (χ1n) is 4.81. The molecule has 1 aromatic rings. The number of rotatable bonds is 2. The van der Waals surface area contributed by atoms with E-state index in [9.17, 15) is 8.42 Å². The van der Waals surface area contributed by atoms with Crippen LogP contribution in [0.5, 0.6) is 0 Å². The molecule has 0 radical (unpaired) electrons. The van der Waals surface area contributed by atoms with E-state index in [2.05, 4.69) is 21.8 Å². The van der Waals surface area contributed by atoms with E-state index in [0.717, 1.165) is 42.6 Å². The summed E-state index contributed by atoms with van der Waals surface area (Å²) in [6.07, 6.45) is 1.32. The van der Waals surface area contributed by atoms with Gasteiger partial charge in [-0.1, -0.05) is 11.3 Å². The molecular formula is C8H12ClN3O2S2. The number of hydrogen-bond acceptors (Lipinski definition) is 6. The third-order valence-corrected chi connectivity index (χ3v) is 5.61. The Balaban J connectivity index is 2.14. The molecule has 1 saturated heterocycles. The molecule has 90 valence electrons. The maximum absolute atomic E-state index is 11.1. The number of piperazine rings is 1. The molecule has 0 spiro atoms. The number of anilines is 1. The van der Waals surface area contributed by atoms with Crippen molar-refractivity contribution in [2.45, 2.75) is 4.21 Å². The Labute approximate surface area is 103 Å². The molecule has 0 saturated carbocycles. The van der Waals surface area contributed by atoms with Crippen molar-refractivity contribution < 1.29 is 8.42 Å².